The molecule has 1 rings (SSSR count). The summed E-state index contributed by atoms with van der Waals surface area (Å²) in [5.41, 5.74) is 1.43. The van der Waals surface area contributed by atoms with E-state index in [0.717, 1.165) is 17.9 Å². The maximum Gasteiger partial charge on any atom is 0.0558 e. The summed E-state index contributed by atoms with van der Waals surface area (Å²) in [5.74, 6) is 0. The second kappa shape index (κ2) is 7.37. The minimum atomic E-state index is -0.927. The standard InChI is InChI=1S/C17H29NOS/c1-7-18-13(2)12-14(3)20(19)16-10-8-15(9-11-16)17(4,5)6/h8-11,13-14,18H,7,12H2,1-6H3. The van der Waals surface area contributed by atoms with Gasteiger partial charge in [-0.1, -0.05) is 46.8 Å². The lowest BCUT2D eigenvalue weighted by molar-refractivity contribution is 0.524. The Bertz CT molecular complexity index is 433. The molecule has 0 aliphatic rings. The molecule has 0 saturated carbocycles. The predicted octanol–water partition coefficient (Wildman–Crippen LogP) is 3.87. The van der Waals surface area contributed by atoms with Gasteiger partial charge in [-0.15, -0.1) is 0 Å². The highest BCUT2D eigenvalue weighted by molar-refractivity contribution is 7.85. The van der Waals surface area contributed by atoms with Crippen molar-refractivity contribution in [3.8, 4) is 0 Å². The van der Waals surface area contributed by atoms with Crippen LogP contribution in [0.1, 0.15) is 53.5 Å². The fourth-order valence-electron chi connectivity index (χ4n) is 2.34. The fraction of sp³-hybridized carbons (Fsp3) is 0.647. The molecule has 0 aromatic heterocycles. The quantitative estimate of drug-likeness (QED) is 0.863. The first-order valence-corrected chi connectivity index (χ1v) is 8.71. The lowest BCUT2D eigenvalue weighted by Crippen LogP contribution is -2.30. The third kappa shape index (κ3) is 5.02. The average molecular weight is 295 g/mol. The molecule has 0 fully saturated rings. The normalized spacial score (nSPS) is 16.7. The Labute approximate surface area is 126 Å². The summed E-state index contributed by atoms with van der Waals surface area (Å²) < 4.78 is 12.5. The number of nitrogens with one attached hydrogen (secondary N) is 1. The van der Waals surface area contributed by atoms with E-state index in [4.69, 9.17) is 0 Å². The van der Waals surface area contributed by atoms with Gasteiger partial charge < -0.3 is 5.32 Å². The second-order valence-corrected chi connectivity index (χ2v) is 8.45. The van der Waals surface area contributed by atoms with E-state index in [1.807, 2.05) is 12.1 Å². The topological polar surface area (TPSA) is 29.1 Å². The van der Waals surface area contributed by atoms with Crippen molar-refractivity contribution in [3.63, 3.8) is 0 Å². The Kier molecular flexibility index (Phi) is 6.41. The Balaban J connectivity index is 2.72. The van der Waals surface area contributed by atoms with Crippen molar-refractivity contribution in [3.05, 3.63) is 29.8 Å². The zero-order valence-electron chi connectivity index (χ0n) is 13.7. The highest BCUT2D eigenvalue weighted by Gasteiger charge is 2.18. The third-order valence-electron chi connectivity index (χ3n) is 3.56. The van der Waals surface area contributed by atoms with Gasteiger partial charge in [0.05, 0.1) is 10.8 Å². The summed E-state index contributed by atoms with van der Waals surface area (Å²) in [4.78, 5) is 0.939. The van der Waals surface area contributed by atoms with E-state index < -0.39 is 10.8 Å². The van der Waals surface area contributed by atoms with Crippen molar-refractivity contribution >= 4 is 10.8 Å². The van der Waals surface area contributed by atoms with Crippen molar-refractivity contribution < 1.29 is 4.21 Å². The zero-order chi connectivity index (χ0) is 15.3. The lowest BCUT2D eigenvalue weighted by atomic mass is 9.87. The van der Waals surface area contributed by atoms with E-state index >= 15 is 0 Å². The Hall–Kier alpha value is -0.670. The summed E-state index contributed by atoms with van der Waals surface area (Å²) >= 11 is 0. The van der Waals surface area contributed by atoms with Crippen LogP contribution in [0.3, 0.4) is 0 Å². The molecule has 0 spiro atoms. The second-order valence-electron chi connectivity index (χ2n) is 6.58. The molecule has 1 aromatic rings. The molecule has 0 amide bonds. The minimum absolute atomic E-state index is 0.144. The van der Waals surface area contributed by atoms with Crippen molar-refractivity contribution in [2.75, 3.05) is 6.54 Å². The van der Waals surface area contributed by atoms with E-state index in [0.29, 0.717) is 6.04 Å². The monoisotopic (exact) mass is 295 g/mol. The van der Waals surface area contributed by atoms with Crippen LogP contribution in [0.25, 0.3) is 0 Å². The molecule has 20 heavy (non-hydrogen) atoms. The summed E-state index contributed by atoms with van der Waals surface area (Å²) in [6, 6.07) is 8.66. The molecular formula is C17H29NOS. The predicted molar refractivity (Wildman–Crippen MR) is 88.8 cm³/mol. The molecule has 0 aliphatic carbocycles. The highest BCUT2D eigenvalue weighted by Crippen LogP contribution is 2.24. The van der Waals surface area contributed by atoms with Crippen LogP contribution in [0.2, 0.25) is 0 Å². The Morgan fingerprint density at radius 3 is 2.15 bits per heavy atom. The van der Waals surface area contributed by atoms with Crippen molar-refractivity contribution in [1.29, 1.82) is 0 Å². The van der Waals surface area contributed by atoms with Crippen LogP contribution in [-0.2, 0) is 16.2 Å². The van der Waals surface area contributed by atoms with Gasteiger partial charge in [-0.05, 0) is 43.0 Å². The van der Waals surface area contributed by atoms with Gasteiger partial charge in [-0.3, -0.25) is 4.21 Å². The molecule has 0 aliphatic heterocycles. The zero-order valence-corrected chi connectivity index (χ0v) is 14.5. The number of rotatable bonds is 6. The number of benzene rings is 1. The van der Waals surface area contributed by atoms with E-state index in [-0.39, 0.29) is 10.7 Å². The molecule has 1 aromatic carbocycles. The first-order chi connectivity index (χ1) is 9.25. The van der Waals surface area contributed by atoms with E-state index in [1.165, 1.54) is 5.56 Å². The van der Waals surface area contributed by atoms with Crippen molar-refractivity contribution in [1.82, 2.24) is 5.32 Å². The van der Waals surface area contributed by atoms with Crippen molar-refractivity contribution in [2.45, 2.75) is 69.6 Å². The molecule has 0 bridgehead atoms. The largest absolute Gasteiger partial charge is 0.314 e. The van der Waals surface area contributed by atoms with Crippen LogP contribution in [-0.4, -0.2) is 22.0 Å². The molecule has 0 radical (unpaired) electrons. The minimum Gasteiger partial charge on any atom is -0.314 e. The van der Waals surface area contributed by atoms with Crippen LogP contribution in [0.15, 0.2) is 29.2 Å². The van der Waals surface area contributed by atoms with E-state index in [2.05, 4.69) is 59.0 Å². The van der Waals surface area contributed by atoms with Gasteiger partial charge in [0, 0.05) is 16.2 Å². The van der Waals surface area contributed by atoms with Gasteiger partial charge in [0.2, 0.25) is 0 Å². The Morgan fingerprint density at radius 1 is 1.15 bits per heavy atom. The molecule has 0 saturated heterocycles. The molecular weight excluding hydrogens is 266 g/mol. The molecule has 3 heteroatoms. The van der Waals surface area contributed by atoms with Crippen LogP contribution in [0, 0.1) is 0 Å². The molecule has 1 N–H and O–H groups in total. The number of hydrogen-bond acceptors (Lipinski definition) is 2. The fourth-order valence-corrected chi connectivity index (χ4v) is 3.67. The summed E-state index contributed by atoms with van der Waals surface area (Å²) in [6.45, 7) is 13.9. The molecule has 3 unspecified atom stereocenters. The Morgan fingerprint density at radius 2 is 1.70 bits per heavy atom. The van der Waals surface area contributed by atoms with Crippen LogP contribution >= 0.6 is 0 Å². The van der Waals surface area contributed by atoms with Gasteiger partial charge in [0.1, 0.15) is 0 Å². The summed E-state index contributed by atoms with van der Waals surface area (Å²) in [6.07, 6.45) is 0.932. The van der Waals surface area contributed by atoms with E-state index in [9.17, 15) is 4.21 Å². The molecule has 0 heterocycles. The first kappa shape index (κ1) is 17.4. The molecule has 2 nitrogen and oxygen atoms in total. The smallest absolute Gasteiger partial charge is 0.0558 e. The van der Waals surface area contributed by atoms with E-state index in [1.54, 1.807) is 0 Å². The molecule has 3 atom stereocenters. The average Bonchev–Trinajstić information content (AvgIpc) is 2.37. The van der Waals surface area contributed by atoms with Crippen LogP contribution in [0.5, 0.6) is 0 Å². The maximum absolute atomic E-state index is 12.5. The van der Waals surface area contributed by atoms with Gasteiger partial charge in [-0.25, -0.2) is 0 Å². The van der Waals surface area contributed by atoms with Gasteiger partial charge in [-0.2, -0.15) is 0 Å². The maximum atomic E-state index is 12.5. The van der Waals surface area contributed by atoms with Crippen LogP contribution in [0.4, 0.5) is 0 Å². The first-order valence-electron chi connectivity index (χ1n) is 7.50. The SMILES string of the molecule is CCNC(C)CC(C)S(=O)c1ccc(C(C)(C)C)cc1. The van der Waals surface area contributed by atoms with Crippen molar-refractivity contribution in [2.24, 2.45) is 0 Å². The third-order valence-corrected chi connectivity index (χ3v) is 5.22. The van der Waals surface area contributed by atoms with Gasteiger partial charge in [0.25, 0.3) is 0 Å². The summed E-state index contributed by atoms with van der Waals surface area (Å²) in [7, 11) is -0.927. The highest BCUT2D eigenvalue weighted by atomic mass is 32.2. The van der Waals surface area contributed by atoms with Crippen LogP contribution < -0.4 is 5.32 Å². The summed E-state index contributed by atoms with van der Waals surface area (Å²) in [5, 5.41) is 3.55. The molecule has 114 valence electrons. The number of hydrogen-bond donors (Lipinski definition) is 1. The lowest BCUT2D eigenvalue weighted by Gasteiger charge is -2.20. The van der Waals surface area contributed by atoms with Gasteiger partial charge in [0.15, 0.2) is 0 Å². The van der Waals surface area contributed by atoms with Gasteiger partial charge >= 0.3 is 0 Å².